The van der Waals surface area contributed by atoms with Gasteiger partial charge in [0.25, 0.3) is 0 Å². The van der Waals surface area contributed by atoms with Crippen molar-refractivity contribution in [2.45, 2.75) is 6.42 Å². The molecule has 0 saturated carbocycles. The number of carbonyl (C=O) groups excluding carboxylic acids is 1. The molecule has 0 fully saturated rings. The van der Waals surface area contributed by atoms with Crippen LogP contribution in [0.4, 0.5) is 5.69 Å². The largest absolute Gasteiger partial charge is 0.481 e. The highest BCUT2D eigenvalue weighted by molar-refractivity contribution is 7.80. The number of nitrogens with one attached hydrogen (secondary N) is 1. The van der Waals surface area contributed by atoms with E-state index in [-0.39, 0.29) is 5.91 Å². The number of amides is 1. The van der Waals surface area contributed by atoms with Gasteiger partial charge in [0.1, 0.15) is 0 Å². The average Bonchev–Trinajstić information content (AvgIpc) is 2.19. The van der Waals surface area contributed by atoms with E-state index in [0.717, 1.165) is 0 Å². The van der Waals surface area contributed by atoms with Crippen molar-refractivity contribution in [3.63, 3.8) is 0 Å². The lowest BCUT2D eigenvalue weighted by atomic mass is 10.4. The summed E-state index contributed by atoms with van der Waals surface area (Å²) < 4.78 is 4.89. The maximum absolute atomic E-state index is 11.1. The molecule has 0 aromatic carbocycles. The van der Waals surface area contributed by atoms with Gasteiger partial charge in [-0.05, 0) is 11.8 Å². The van der Waals surface area contributed by atoms with Gasteiger partial charge in [-0.1, -0.05) is 0 Å². The second kappa shape index (κ2) is 5.49. The first-order valence-electron chi connectivity index (χ1n) is 4.17. The molecule has 1 N–H and O–H groups in total. The van der Waals surface area contributed by atoms with Crippen molar-refractivity contribution in [3.8, 4) is 5.88 Å². The summed E-state index contributed by atoms with van der Waals surface area (Å²) >= 11 is 3.96. The van der Waals surface area contributed by atoms with Crippen molar-refractivity contribution in [2.75, 3.05) is 18.2 Å². The number of rotatable bonds is 4. The normalized spacial score (nSPS) is 9.57. The van der Waals surface area contributed by atoms with Gasteiger partial charge in [-0.2, -0.15) is 12.6 Å². The summed E-state index contributed by atoms with van der Waals surface area (Å²) in [6.07, 6.45) is 1.95. The molecule has 0 aliphatic carbocycles. The molecule has 1 rings (SSSR count). The standard InChI is InChI=1S/C9H12N2O2S/c1-13-9-3-2-7(6-10-9)11-8(12)4-5-14/h2-3,6,14H,4-5H2,1H3,(H,11,12). The van der Waals surface area contributed by atoms with E-state index in [1.807, 2.05) is 0 Å². The minimum absolute atomic E-state index is 0.0630. The van der Waals surface area contributed by atoms with Crippen LogP contribution >= 0.6 is 12.6 Å². The van der Waals surface area contributed by atoms with Gasteiger partial charge in [0.15, 0.2) is 0 Å². The van der Waals surface area contributed by atoms with E-state index < -0.39 is 0 Å². The van der Waals surface area contributed by atoms with Gasteiger partial charge in [-0.15, -0.1) is 0 Å². The van der Waals surface area contributed by atoms with Crippen LogP contribution in [-0.2, 0) is 4.79 Å². The molecule has 0 unspecified atom stereocenters. The molecule has 14 heavy (non-hydrogen) atoms. The summed E-state index contributed by atoms with van der Waals surface area (Å²) in [6, 6.07) is 3.43. The predicted molar refractivity (Wildman–Crippen MR) is 57.9 cm³/mol. The molecule has 1 heterocycles. The topological polar surface area (TPSA) is 51.2 Å². The third-order valence-corrected chi connectivity index (χ3v) is 1.79. The molecule has 0 atom stereocenters. The van der Waals surface area contributed by atoms with Crippen LogP contribution in [0, 0.1) is 0 Å². The molecule has 0 spiro atoms. The molecule has 0 saturated heterocycles. The highest BCUT2D eigenvalue weighted by Crippen LogP contribution is 2.10. The van der Waals surface area contributed by atoms with E-state index in [1.165, 1.54) is 0 Å². The van der Waals surface area contributed by atoms with Crippen molar-refractivity contribution >= 4 is 24.2 Å². The molecule has 1 amide bonds. The first-order valence-corrected chi connectivity index (χ1v) is 4.80. The first kappa shape index (κ1) is 10.8. The molecule has 76 valence electrons. The third kappa shape index (κ3) is 3.26. The molecule has 5 heteroatoms. The number of anilines is 1. The van der Waals surface area contributed by atoms with E-state index in [9.17, 15) is 4.79 Å². The van der Waals surface area contributed by atoms with Crippen molar-refractivity contribution in [1.82, 2.24) is 4.98 Å². The number of thiol groups is 1. The Balaban J connectivity index is 2.55. The predicted octanol–water partition coefficient (Wildman–Crippen LogP) is 1.35. The lowest BCUT2D eigenvalue weighted by Crippen LogP contribution is -2.11. The van der Waals surface area contributed by atoms with Gasteiger partial charge in [0, 0.05) is 12.5 Å². The van der Waals surface area contributed by atoms with E-state index in [2.05, 4.69) is 22.9 Å². The van der Waals surface area contributed by atoms with Crippen molar-refractivity contribution in [1.29, 1.82) is 0 Å². The summed E-state index contributed by atoms with van der Waals surface area (Å²) in [5.41, 5.74) is 0.664. The molecule has 1 aromatic rings. The molecule has 0 radical (unpaired) electrons. The van der Waals surface area contributed by atoms with Crippen LogP contribution in [0.1, 0.15) is 6.42 Å². The fraction of sp³-hybridized carbons (Fsp3) is 0.333. The minimum atomic E-state index is -0.0630. The van der Waals surface area contributed by atoms with Crippen LogP contribution in [0.2, 0.25) is 0 Å². The Morgan fingerprint density at radius 3 is 2.93 bits per heavy atom. The van der Waals surface area contributed by atoms with Crippen molar-refractivity contribution < 1.29 is 9.53 Å². The van der Waals surface area contributed by atoms with Gasteiger partial charge >= 0.3 is 0 Å². The van der Waals surface area contributed by atoms with E-state index in [0.29, 0.717) is 23.7 Å². The van der Waals surface area contributed by atoms with E-state index in [1.54, 1.807) is 25.4 Å². The lowest BCUT2D eigenvalue weighted by molar-refractivity contribution is -0.115. The van der Waals surface area contributed by atoms with Crippen molar-refractivity contribution in [3.05, 3.63) is 18.3 Å². The zero-order valence-corrected chi connectivity index (χ0v) is 8.75. The highest BCUT2D eigenvalue weighted by Gasteiger charge is 2.00. The lowest BCUT2D eigenvalue weighted by Gasteiger charge is -2.04. The van der Waals surface area contributed by atoms with E-state index in [4.69, 9.17) is 4.74 Å². The Hall–Kier alpha value is -1.23. The highest BCUT2D eigenvalue weighted by atomic mass is 32.1. The summed E-state index contributed by atoms with van der Waals surface area (Å²) in [6.45, 7) is 0. The summed E-state index contributed by atoms with van der Waals surface area (Å²) in [5, 5.41) is 2.69. The van der Waals surface area contributed by atoms with Crippen LogP contribution in [0.25, 0.3) is 0 Å². The molecule has 0 aliphatic heterocycles. The number of hydrogen-bond acceptors (Lipinski definition) is 4. The zero-order valence-electron chi connectivity index (χ0n) is 7.86. The molecular formula is C9H12N2O2S. The fourth-order valence-corrected chi connectivity index (χ4v) is 1.10. The number of nitrogens with zero attached hydrogens (tertiary/aromatic N) is 1. The first-order chi connectivity index (χ1) is 6.76. The Morgan fingerprint density at radius 2 is 2.43 bits per heavy atom. The summed E-state index contributed by atoms with van der Waals surface area (Å²) in [5.74, 6) is 0.999. The third-order valence-electron chi connectivity index (χ3n) is 1.57. The number of pyridine rings is 1. The number of hydrogen-bond donors (Lipinski definition) is 2. The number of methoxy groups -OCH3 is 1. The minimum Gasteiger partial charge on any atom is -0.481 e. The molecule has 0 aliphatic rings. The Bertz CT molecular complexity index is 300. The van der Waals surface area contributed by atoms with Crippen LogP contribution < -0.4 is 10.1 Å². The average molecular weight is 212 g/mol. The molecular weight excluding hydrogens is 200 g/mol. The number of aromatic nitrogens is 1. The summed E-state index contributed by atoms with van der Waals surface area (Å²) in [7, 11) is 1.54. The van der Waals surface area contributed by atoms with Crippen LogP contribution in [-0.4, -0.2) is 23.8 Å². The number of ether oxygens (including phenoxy) is 1. The zero-order chi connectivity index (χ0) is 10.4. The van der Waals surface area contributed by atoms with Gasteiger partial charge in [-0.25, -0.2) is 4.98 Å². The van der Waals surface area contributed by atoms with Crippen LogP contribution in [0.5, 0.6) is 5.88 Å². The monoisotopic (exact) mass is 212 g/mol. The van der Waals surface area contributed by atoms with Crippen LogP contribution in [0.15, 0.2) is 18.3 Å². The SMILES string of the molecule is COc1ccc(NC(=O)CCS)cn1. The van der Waals surface area contributed by atoms with Gasteiger partial charge in [0.05, 0.1) is 19.0 Å². The Morgan fingerprint density at radius 1 is 1.64 bits per heavy atom. The molecule has 4 nitrogen and oxygen atoms in total. The molecule has 0 bridgehead atoms. The maximum atomic E-state index is 11.1. The quantitative estimate of drug-likeness (QED) is 0.741. The van der Waals surface area contributed by atoms with Gasteiger partial charge in [0.2, 0.25) is 11.8 Å². The second-order valence-electron chi connectivity index (χ2n) is 2.61. The summed E-state index contributed by atoms with van der Waals surface area (Å²) in [4.78, 5) is 15.1. The molecule has 1 aromatic heterocycles. The fourth-order valence-electron chi connectivity index (χ4n) is 0.900. The number of carbonyl (C=O) groups is 1. The van der Waals surface area contributed by atoms with Gasteiger partial charge < -0.3 is 10.1 Å². The Labute approximate surface area is 88.1 Å². The Kier molecular flexibility index (Phi) is 4.25. The van der Waals surface area contributed by atoms with Gasteiger partial charge in [-0.3, -0.25) is 4.79 Å². The second-order valence-corrected chi connectivity index (χ2v) is 3.06. The van der Waals surface area contributed by atoms with Crippen LogP contribution in [0.3, 0.4) is 0 Å². The van der Waals surface area contributed by atoms with Crippen molar-refractivity contribution in [2.24, 2.45) is 0 Å². The smallest absolute Gasteiger partial charge is 0.225 e. The van der Waals surface area contributed by atoms with E-state index >= 15 is 0 Å². The maximum Gasteiger partial charge on any atom is 0.225 e.